The lowest BCUT2D eigenvalue weighted by molar-refractivity contribution is 0.0652. The molecule has 0 spiro atoms. The van der Waals surface area contributed by atoms with E-state index in [0.29, 0.717) is 24.0 Å². The van der Waals surface area contributed by atoms with Crippen LogP contribution in [0.5, 0.6) is 0 Å². The van der Waals surface area contributed by atoms with Gasteiger partial charge in [0.15, 0.2) is 0 Å². The molecule has 1 fully saturated rings. The van der Waals surface area contributed by atoms with Crippen LogP contribution in [0.15, 0.2) is 53.6 Å². The lowest BCUT2D eigenvalue weighted by Crippen LogP contribution is -2.42. The number of aliphatic hydroxyl groups excluding tert-OH is 1. The predicted octanol–water partition coefficient (Wildman–Crippen LogP) is 4.56. The maximum Gasteiger partial charge on any atom is 0.321 e. The van der Waals surface area contributed by atoms with Crippen LogP contribution in [0.3, 0.4) is 0 Å². The summed E-state index contributed by atoms with van der Waals surface area (Å²) in [5.41, 5.74) is 1.57. The summed E-state index contributed by atoms with van der Waals surface area (Å²) in [5.74, 6) is 0.132. The number of nitrogens with zero attached hydrogens (tertiary/aromatic N) is 2. The van der Waals surface area contributed by atoms with Crippen molar-refractivity contribution in [2.75, 3.05) is 18.4 Å². The van der Waals surface area contributed by atoms with Crippen LogP contribution >= 0.6 is 11.8 Å². The molecule has 1 atom stereocenters. The summed E-state index contributed by atoms with van der Waals surface area (Å²) >= 11 is 1.74. The molecule has 1 aliphatic rings. The molecule has 144 valence electrons. The molecule has 3 rings (SSSR count). The van der Waals surface area contributed by atoms with Crippen molar-refractivity contribution in [1.82, 2.24) is 9.88 Å². The number of piperidine rings is 1. The first-order valence-electron chi connectivity index (χ1n) is 9.45. The molecular formula is C21H27N3O2S. The van der Waals surface area contributed by atoms with Gasteiger partial charge in [-0.15, -0.1) is 11.8 Å². The zero-order valence-electron chi connectivity index (χ0n) is 15.8. The van der Waals surface area contributed by atoms with Crippen LogP contribution in [0.1, 0.15) is 38.5 Å². The third-order valence-corrected chi connectivity index (χ3v) is 5.84. The van der Waals surface area contributed by atoms with Gasteiger partial charge in [-0.3, -0.25) is 4.98 Å². The number of nitrogens with one attached hydrogen (secondary N) is 1. The van der Waals surface area contributed by atoms with Crippen LogP contribution in [0, 0.1) is 5.92 Å². The van der Waals surface area contributed by atoms with Crippen LogP contribution in [-0.2, 0) is 0 Å². The van der Waals surface area contributed by atoms with Gasteiger partial charge in [-0.05, 0) is 43.0 Å². The first-order valence-corrected chi connectivity index (χ1v) is 10.3. The molecule has 1 aromatic carbocycles. The minimum atomic E-state index is -0.570. The Hall–Kier alpha value is -2.05. The number of hydrogen-bond acceptors (Lipinski definition) is 4. The van der Waals surface area contributed by atoms with Crippen LogP contribution in [0.4, 0.5) is 10.5 Å². The van der Waals surface area contributed by atoms with E-state index >= 15 is 0 Å². The third-order valence-electron chi connectivity index (χ3n) is 4.76. The summed E-state index contributed by atoms with van der Waals surface area (Å²) in [6, 6.07) is 13.4. The largest absolute Gasteiger partial charge is 0.387 e. The number of benzene rings is 1. The second-order valence-electron chi connectivity index (χ2n) is 7.12. The van der Waals surface area contributed by atoms with Gasteiger partial charge in [-0.25, -0.2) is 4.79 Å². The van der Waals surface area contributed by atoms with E-state index in [1.54, 1.807) is 18.0 Å². The zero-order valence-corrected chi connectivity index (χ0v) is 16.7. The molecule has 0 bridgehead atoms. The second-order valence-corrected chi connectivity index (χ2v) is 8.74. The number of hydrogen-bond donors (Lipinski definition) is 2. The highest BCUT2D eigenvalue weighted by Gasteiger charge is 2.29. The van der Waals surface area contributed by atoms with E-state index in [2.05, 4.69) is 24.1 Å². The molecule has 0 aliphatic carbocycles. The van der Waals surface area contributed by atoms with Gasteiger partial charge in [-0.1, -0.05) is 32.0 Å². The van der Waals surface area contributed by atoms with Gasteiger partial charge in [0, 0.05) is 29.4 Å². The van der Waals surface area contributed by atoms with Crippen LogP contribution < -0.4 is 5.32 Å². The fourth-order valence-corrected chi connectivity index (χ4v) is 4.24. The standard InChI is InChI=1S/C21H27N3O2S/c1-15(2)27-19-9-4-3-7-17(19)23-21(26)24-13-10-16(11-14-24)20(25)18-8-5-6-12-22-18/h3-9,12,15-16,20,25H,10-11,13-14H2,1-2H3,(H,23,26)/t20-/m0/s1. The number of carbonyl (C=O) groups is 1. The summed E-state index contributed by atoms with van der Waals surface area (Å²) in [6.45, 7) is 5.56. The number of carbonyl (C=O) groups excluding carboxylic acids is 1. The van der Waals surface area contributed by atoms with Crippen molar-refractivity contribution < 1.29 is 9.90 Å². The molecule has 6 heteroatoms. The van der Waals surface area contributed by atoms with Gasteiger partial charge in [0.25, 0.3) is 0 Å². The maximum absolute atomic E-state index is 12.7. The summed E-state index contributed by atoms with van der Waals surface area (Å²) in [5, 5.41) is 14.0. The van der Waals surface area contributed by atoms with Crippen LogP contribution in [-0.4, -0.2) is 39.4 Å². The molecule has 1 aromatic heterocycles. The molecule has 0 unspecified atom stereocenters. The Labute approximate surface area is 165 Å². The molecule has 2 aromatic rings. The van der Waals surface area contributed by atoms with E-state index in [4.69, 9.17) is 0 Å². The van der Waals surface area contributed by atoms with Crippen molar-refractivity contribution in [1.29, 1.82) is 0 Å². The average Bonchev–Trinajstić information content (AvgIpc) is 2.69. The van der Waals surface area contributed by atoms with Gasteiger partial charge in [0.2, 0.25) is 0 Å². The molecule has 27 heavy (non-hydrogen) atoms. The van der Waals surface area contributed by atoms with Gasteiger partial charge >= 0.3 is 6.03 Å². The molecular weight excluding hydrogens is 358 g/mol. The molecule has 1 saturated heterocycles. The normalized spacial score (nSPS) is 16.4. The summed E-state index contributed by atoms with van der Waals surface area (Å²) in [6.07, 6.45) is 2.68. The fourth-order valence-electron chi connectivity index (χ4n) is 3.33. The number of likely N-dealkylation sites (tertiary alicyclic amines) is 1. The van der Waals surface area contributed by atoms with E-state index in [1.165, 1.54) is 0 Å². The number of para-hydroxylation sites is 1. The van der Waals surface area contributed by atoms with Crippen molar-refractivity contribution in [2.24, 2.45) is 5.92 Å². The van der Waals surface area contributed by atoms with Gasteiger partial charge in [0.05, 0.1) is 17.5 Å². The molecule has 1 aliphatic heterocycles. The number of aliphatic hydroxyl groups is 1. The van der Waals surface area contributed by atoms with E-state index < -0.39 is 6.10 Å². The Morgan fingerprint density at radius 3 is 2.56 bits per heavy atom. The summed E-state index contributed by atoms with van der Waals surface area (Å²) in [7, 11) is 0. The predicted molar refractivity (Wildman–Crippen MR) is 110 cm³/mol. The molecule has 2 heterocycles. The van der Waals surface area contributed by atoms with Crippen molar-refractivity contribution in [3.05, 3.63) is 54.4 Å². The van der Waals surface area contributed by atoms with Gasteiger partial charge < -0.3 is 15.3 Å². The van der Waals surface area contributed by atoms with E-state index in [9.17, 15) is 9.90 Å². The molecule has 2 amide bonds. The first-order chi connectivity index (χ1) is 13.0. The second kappa shape index (κ2) is 9.24. The minimum Gasteiger partial charge on any atom is -0.387 e. The van der Waals surface area contributed by atoms with Crippen LogP contribution in [0.2, 0.25) is 0 Å². The number of thioether (sulfide) groups is 1. The lowest BCUT2D eigenvalue weighted by atomic mass is 9.89. The molecule has 5 nitrogen and oxygen atoms in total. The topological polar surface area (TPSA) is 65.5 Å². The Bertz CT molecular complexity index is 746. The highest BCUT2D eigenvalue weighted by Crippen LogP contribution is 2.32. The third kappa shape index (κ3) is 5.23. The Morgan fingerprint density at radius 1 is 1.19 bits per heavy atom. The number of amides is 2. The number of pyridine rings is 1. The molecule has 0 saturated carbocycles. The summed E-state index contributed by atoms with van der Waals surface area (Å²) < 4.78 is 0. The van der Waals surface area contributed by atoms with Crippen molar-refractivity contribution in [2.45, 2.75) is 42.9 Å². The highest BCUT2D eigenvalue weighted by molar-refractivity contribution is 8.00. The number of anilines is 1. The Balaban J connectivity index is 1.56. The van der Waals surface area contributed by atoms with E-state index in [-0.39, 0.29) is 11.9 Å². The lowest BCUT2D eigenvalue weighted by Gasteiger charge is -2.34. The fraction of sp³-hybridized carbons (Fsp3) is 0.429. The van der Waals surface area contributed by atoms with Crippen molar-refractivity contribution in [3.8, 4) is 0 Å². The quantitative estimate of drug-likeness (QED) is 0.741. The van der Waals surface area contributed by atoms with E-state index in [1.807, 2.05) is 47.4 Å². The van der Waals surface area contributed by atoms with Crippen LogP contribution in [0.25, 0.3) is 0 Å². The van der Waals surface area contributed by atoms with Crippen molar-refractivity contribution in [3.63, 3.8) is 0 Å². The maximum atomic E-state index is 12.7. The molecule has 0 radical (unpaired) electrons. The molecule has 2 N–H and O–H groups in total. The SMILES string of the molecule is CC(C)Sc1ccccc1NC(=O)N1CCC([C@H](O)c2ccccn2)CC1. The smallest absolute Gasteiger partial charge is 0.321 e. The van der Waals surface area contributed by atoms with Gasteiger partial charge in [0.1, 0.15) is 0 Å². The van der Waals surface area contributed by atoms with Crippen molar-refractivity contribution >= 4 is 23.5 Å². The monoisotopic (exact) mass is 385 g/mol. The first kappa shape index (κ1) is 19.7. The number of rotatable bonds is 5. The number of aromatic nitrogens is 1. The van der Waals surface area contributed by atoms with Gasteiger partial charge in [-0.2, -0.15) is 0 Å². The Morgan fingerprint density at radius 2 is 1.89 bits per heavy atom. The Kier molecular flexibility index (Phi) is 6.74. The number of urea groups is 1. The summed E-state index contributed by atoms with van der Waals surface area (Å²) in [4.78, 5) is 19.9. The average molecular weight is 386 g/mol. The highest BCUT2D eigenvalue weighted by atomic mass is 32.2. The zero-order chi connectivity index (χ0) is 19.2. The minimum absolute atomic E-state index is 0.0717. The van der Waals surface area contributed by atoms with E-state index in [0.717, 1.165) is 23.4 Å².